The number of benzene rings is 1. The summed E-state index contributed by atoms with van der Waals surface area (Å²) < 4.78 is 0. The van der Waals surface area contributed by atoms with E-state index in [9.17, 15) is 4.79 Å². The molecule has 3 heteroatoms. The minimum atomic E-state index is 0.650. The Morgan fingerprint density at radius 3 is 2.87 bits per heavy atom. The summed E-state index contributed by atoms with van der Waals surface area (Å²) in [6, 6.07) is 9.49. The minimum Gasteiger partial charge on any atom is -0.327 e. The van der Waals surface area contributed by atoms with Crippen molar-refractivity contribution in [3.8, 4) is 0 Å². The maximum absolute atomic E-state index is 10.4. The Bertz CT molecular complexity index is 520. The third kappa shape index (κ3) is 1.72. The topological polar surface area (TPSA) is 42.0 Å². The summed E-state index contributed by atoms with van der Waals surface area (Å²) in [5.74, 6) is 0. The Morgan fingerprint density at radius 1 is 1.27 bits per heavy atom. The number of carbonyl (C=O) groups excluding carboxylic acids is 1. The molecule has 74 valence electrons. The normalized spacial score (nSPS) is 9.87. The van der Waals surface area contributed by atoms with Crippen LogP contribution in [0, 0.1) is 0 Å². The molecule has 2 aromatic rings. The SMILES string of the molecule is C=Cc1ccc2cccc(NC=O)c2n1. The van der Waals surface area contributed by atoms with Gasteiger partial charge in [0.1, 0.15) is 0 Å². The predicted molar refractivity (Wildman–Crippen MR) is 61.5 cm³/mol. The number of anilines is 1. The standard InChI is InChI=1S/C12H10N2O/c1-2-10-7-6-9-4-3-5-11(13-8-15)12(9)14-10/h2-8H,1H2,(H,13,15). The summed E-state index contributed by atoms with van der Waals surface area (Å²) >= 11 is 0. The molecule has 15 heavy (non-hydrogen) atoms. The maximum atomic E-state index is 10.4. The van der Waals surface area contributed by atoms with Crippen molar-refractivity contribution in [3.63, 3.8) is 0 Å². The van der Waals surface area contributed by atoms with Gasteiger partial charge in [-0.25, -0.2) is 4.98 Å². The molecule has 0 aliphatic carbocycles. The zero-order valence-corrected chi connectivity index (χ0v) is 8.10. The maximum Gasteiger partial charge on any atom is 0.211 e. The van der Waals surface area contributed by atoms with Gasteiger partial charge in [-0.3, -0.25) is 4.79 Å². The molecule has 0 fully saturated rings. The van der Waals surface area contributed by atoms with E-state index in [-0.39, 0.29) is 0 Å². The smallest absolute Gasteiger partial charge is 0.211 e. The summed E-state index contributed by atoms with van der Waals surface area (Å²) in [6.45, 7) is 3.66. The predicted octanol–water partition coefficient (Wildman–Crippen LogP) is 2.45. The van der Waals surface area contributed by atoms with Crippen molar-refractivity contribution < 1.29 is 4.79 Å². The van der Waals surface area contributed by atoms with E-state index < -0.39 is 0 Å². The highest BCUT2D eigenvalue weighted by Gasteiger charge is 2.01. The van der Waals surface area contributed by atoms with E-state index >= 15 is 0 Å². The zero-order valence-electron chi connectivity index (χ0n) is 8.10. The lowest BCUT2D eigenvalue weighted by Crippen LogP contribution is -1.96. The van der Waals surface area contributed by atoms with Gasteiger partial charge in [0, 0.05) is 5.39 Å². The molecule has 0 saturated heterocycles. The second-order valence-corrected chi connectivity index (χ2v) is 3.08. The number of carbonyl (C=O) groups is 1. The molecule has 0 spiro atoms. The molecule has 1 aromatic carbocycles. The average molecular weight is 198 g/mol. The summed E-state index contributed by atoms with van der Waals surface area (Å²) in [5.41, 5.74) is 2.29. The second-order valence-electron chi connectivity index (χ2n) is 3.08. The number of para-hydroxylation sites is 1. The van der Waals surface area contributed by atoms with Crippen molar-refractivity contribution >= 4 is 29.1 Å². The average Bonchev–Trinajstić information content (AvgIpc) is 2.29. The number of aromatic nitrogens is 1. The number of rotatable bonds is 3. The fourth-order valence-corrected chi connectivity index (χ4v) is 1.46. The first-order valence-corrected chi connectivity index (χ1v) is 4.57. The molecule has 0 saturated carbocycles. The Kier molecular flexibility index (Phi) is 2.46. The number of nitrogens with one attached hydrogen (secondary N) is 1. The van der Waals surface area contributed by atoms with Gasteiger partial charge in [0.2, 0.25) is 6.41 Å². The Hall–Kier alpha value is -2.16. The van der Waals surface area contributed by atoms with Gasteiger partial charge in [0.25, 0.3) is 0 Å². The summed E-state index contributed by atoms with van der Waals surface area (Å²) in [6.07, 6.45) is 2.33. The Balaban J connectivity index is 2.69. The van der Waals surface area contributed by atoms with Crippen molar-refractivity contribution in [3.05, 3.63) is 42.6 Å². The summed E-state index contributed by atoms with van der Waals surface area (Å²) in [7, 11) is 0. The first-order valence-electron chi connectivity index (χ1n) is 4.57. The second kappa shape index (κ2) is 3.92. The van der Waals surface area contributed by atoms with Crippen LogP contribution in [0.15, 0.2) is 36.9 Å². The fraction of sp³-hybridized carbons (Fsp3) is 0. The van der Waals surface area contributed by atoms with Crippen LogP contribution in [0.4, 0.5) is 5.69 Å². The lowest BCUT2D eigenvalue weighted by atomic mass is 10.1. The highest BCUT2D eigenvalue weighted by atomic mass is 16.1. The van der Waals surface area contributed by atoms with Gasteiger partial charge in [-0.1, -0.05) is 24.8 Å². The Labute approximate surface area is 87.4 Å². The molecular weight excluding hydrogens is 188 g/mol. The van der Waals surface area contributed by atoms with Gasteiger partial charge in [-0.15, -0.1) is 0 Å². The molecule has 1 aromatic heterocycles. The molecular formula is C12H10N2O. The molecule has 0 bridgehead atoms. The third-order valence-corrected chi connectivity index (χ3v) is 2.17. The van der Waals surface area contributed by atoms with Gasteiger partial charge in [0.05, 0.1) is 16.9 Å². The Morgan fingerprint density at radius 2 is 2.13 bits per heavy atom. The van der Waals surface area contributed by atoms with Crippen LogP contribution >= 0.6 is 0 Å². The lowest BCUT2D eigenvalue weighted by Gasteiger charge is -2.04. The van der Waals surface area contributed by atoms with Crippen molar-refractivity contribution in [1.82, 2.24) is 4.98 Å². The third-order valence-electron chi connectivity index (χ3n) is 2.17. The molecule has 0 radical (unpaired) electrons. The molecule has 0 aliphatic rings. The van der Waals surface area contributed by atoms with Crippen LogP contribution in [0.25, 0.3) is 17.0 Å². The molecule has 1 amide bonds. The first kappa shape index (κ1) is 9.40. The van der Waals surface area contributed by atoms with Gasteiger partial charge in [-0.05, 0) is 18.2 Å². The highest BCUT2D eigenvalue weighted by molar-refractivity contribution is 5.94. The van der Waals surface area contributed by atoms with Crippen molar-refractivity contribution in [2.24, 2.45) is 0 Å². The van der Waals surface area contributed by atoms with Crippen LogP contribution < -0.4 is 5.32 Å². The van der Waals surface area contributed by atoms with E-state index in [0.29, 0.717) is 12.1 Å². The number of pyridine rings is 1. The van der Waals surface area contributed by atoms with Gasteiger partial charge in [0.15, 0.2) is 0 Å². The van der Waals surface area contributed by atoms with Crippen molar-refractivity contribution in [2.75, 3.05) is 5.32 Å². The van der Waals surface area contributed by atoms with E-state index in [0.717, 1.165) is 16.6 Å². The quantitative estimate of drug-likeness (QED) is 0.769. The van der Waals surface area contributed by atoms with Crippen LogP contribution in [0.2, 0.25) is 0 Å². The fourth-order valence-electron chi connectivity index (χ4n) is 1.46. The minimum absolute atomic E-state index is 0.650. The molecule has 1 N–H and O–H groups in total. The van der Waals surface area contributed by atoms with Gasteiger partial charge in [-0.2, -0.15) is 0 Å². The van der Waals surface area contributed by atoms with Gasteiger partial charge < -0.3 is 5.32 Å². The number of hydrogen-bond acceptors (Lipinski definition) is 2. The van der Waals surface area contributed by atoms with Crippen molar-refractivity contribution in [1.29, 1.82) is 0 Å². The molecule has 1 heterocycles. The van der Waals surface area contributed by atoms with Gasteiger partial charge >= 0.3 is 0 Å². The highest BCUT2D eigenvalue weighted by Crippen LogP contribution is 2.21. The number of hydrogen-bond donors (Lipinski definition) is 1. The molecule has 2 rings (SSSR count). The van der Waals surface area contributed by atoms with Crippen LogP contribution in [-0.2, 0) is 4.79 Å². The number of nitrogens with zero attached hydrogens (tertiary/aromatic N) is 1. The molecule has 3 nitrogen and oxygen atoms in total. The van der Waals surface area contributed by atoms with E-state index in [4.69, 9.17) is 0 Å². The van der Waals surface area contributed by atoms with E-state index in [1.54, 1.807) is 6.08 Å². The van der Waals surface area contributed by atoms with Crippen LogP contribution in [-0.4, -0.2) is 11.4 Å². The lowest BCUT2D eigenvalue weighted by molar-refractivity contribution is -0.105. The van der Waals surface area contributed by atoms with Crippen molar-refractivity contribution in [2.45, 2.75) is 0 Å². The van der Waals surface area contributed by atoms with Crippen LogP contribution in [0.3, 0.4) is 0 Å². The number of amides is 1. The van der Waals surface area contributed by atoms with E-state index in [1.807, 2.05) is 30.3 Å². The van der Waals surface area contributed by atoms with E-state index in [1.165, 1.54) is 0 Å². The zero-order chi connectivity index (χ0) is 10.7. The monoisotopic (exact) mass is 198 g/mol. The first-order chi connectivity index (χ1) is 7.35. The molecule has 0 atom stereocenters. The molecule has 0 unspecified atom stereocenters. The molecule has 0 aliphatic heterocycles. The largest absolute Gasteiger partial charge is 0.327 e. The van der Waals surface area contributed by atoms with Crippen LogP contribution in [0.5, 0.6) is 0 Å². The summed E-state index contributed by atoms with van der Waals surface area (Å²) in [5, 5.41) is 3.62. The summed E-state index contributed by atoms with van der Waals surface area (Å²) in [4.78, 5) is 14.8. The van der Waals surface area contributed by atoms with Crippen LogP contribution in [0.1, 0.15) is 5.69 Å². The number of fused-ring (bicyclic) bond motifs is 1. The van der Waals surface area contributed by atoms with E-state index in [2.05, 4.69) is 16.9 Å².